The Hall–Kier alpha value is -2.22. The monoisotopic (exact) mass is 206 g/mol. The second-order valence-corrected chi connectivity index (χ2v) is 3.64. The summed E-state index contributed by atoms with van der Waals surface area (Å²) in [5.41, 5.74) is 4.35. The van der Waals surface area contributed by atoms with E-state index in [0.717, 1.165) is 16.8 Å². The zero-order valence-corrected chi connectivity index (χ0v) is 8.67. The Morgan fingerprint density at radius 1 is 0.812 bits per heavy atom. The highest BCUT2D eigenvalue weighted by molar-refractivity contribution is 5.81. The lowest BCUT2D eigenvalue weighted by molar-refractivity contribution is 1.03. The van der Waals surface area contributed by atoms with E-state index in [1.54, 1.807) is 6.20 Å². The van der Waals surface area contributed by atoms with Crippen molar-refractivity contribution in [1.82, 2.24) is 10.2 Å². The Labute approximate surface area is 94.0 Å². The van der Waals surface area contributed by atoms with Gasteiger partial charge in [-0.3, -0.25) is 0 Å². The first-order valence-corrected chi connectivity index (χ1v) is 5.21. The molecule has 0 atom stereocenters. The van der Waals surface area contributed by atoms with Crippen LogP contribution < -0.4 is 0 Å². The third kappa shape index (κ3) is 1.44. The van der Waals surface area contributed by atoms with Gasteiger partial charge in [-0.1, -0.05) is 48.6 Å². The van der Waals surface area contributed by atoms with Crippen LogP contribution in [0.2, 0.25) is 0 Å². The van der Waals surface area contributed by atoms with E-state index < -0.39 is 0 Å². The van der Waals surface area contributed by atoms with Crippen molar-refractivity contribution in [2.24, 2.45) is 0 Å². The second-order valence-electron chi connectivity index (χ2n) is 3.64. The molecule has 1 aliphatic carbocycles. The first-order chi connectivity index (χ1) is 7.95. The summed E-state index contributed by atoms with van der Waals surface area (Å²) in [6.45, 7) is 0. The highest BCUT2D eigenvalue weighted by Gasteiger charge is 2.08. The van der Waals surface area contributed by atoms with Gasteiger partial charge >= 0.3 is 0 Å². The normalized spacial score (nSPS) is 12.5. The fourth-order valence-electron chi connectivity index (χ4n) is 1.86. The molecule has 0 aliphatic heterocycles. The number of nitrogens with zero attached hydrogens (tertiary/aromatic N) is 2. The molecule has 2 nitrogen and oxygen atoms in total. The number of rotatable bonds is 0. The van der Waals surface area contributed by atoms with Crippen LogP contribution in [-0.2, 0) is 0 Å². The predicted octanol–water partition coefficient (Wildman–Crippen LogP) is 3.18. The molecule has 0 saturated carbocycles. The average Bonchev–Trinajstić information content (AvgIpc) is 2.33. The van der Waals surface area contributed by atoms with Crippen molar-refractivity contribution in [3.05, 3.63) is 59.8 Å². The van der Waals surface area contributed by atoms with E-state index in [-0.39, 0.29) is 0 Å². The molecule has 1 aromatic carbocycles. The second kappa shape index (κ2) is 3.74. The standard InChI is InChI=1S/C14H10N2/c1-2-7-12-9-10-15-16-14(12)13-8-4-3-6-11(13)5-1/h1-10H. The van der Waals surface area contributed by atoms with Crippen LogP contribution in [-0.4, -0.2) is 10.2 Å². The van der Waals surface area contributed by atoms with E-state index >= 15 is 0 Å². The van der Waals surface area contributed by atoms with Crippen molar-refractivity contribution in [3.63, 3.8) is 0 Å². The van der Waals surface area contributed by atoms with E-state index in [2.05, 4.69) is 34.5 Å². The maximum atomic E-state index is 4.23. The highest BCUT2D eigenvalue weighted by Crippen LogP contribution is 2.27. The Morgan fingerprint density at radius 3 is 2.56 bits per heavy atom. The zero-order valence-electron chi connectivity index (χ0n) is 8.67. The van der Waals surface area contributed by atoms with E-state index in [4.69, 9.17) is 0 Å². The molecular formula is C14H10N2. The predicted molar refractivity (Wildman–Crippen MR) is 65.5 cm³/mol. The largest absolute Gasteiger partial charge is 0.158 e. The minimum absolute atomic E-state index is 0.943. The Bertz CT molecular complexity index is 529. The fourth-order valence-corrected chi connectivity index (χ4v) is 1.86. The topological polar surface area (TPSA) is 25.8 Å². The molecule has 2 aromatic rings. The highest BCUT2D eigenvalue weighted by atomic mass is 15.1. The van der Waals surface area contributed by atoms with Crippen molar-refractivity contribution in [1.29, 1.82) is 0 Å². The molecule has 0 N–H and O–H groups in total. The number of hydrogen-bond acceptors (Lipinski definition) is 2. The van der Waals surface area contributed by atoms with Crippen LogP contribution in [0.5, 0.6) is 0 Å². The Balaban J connectivity index is 2.34. The maximum Gasteiger partial charge on any atom is 0.101 e. The molecule has 0 radical (unpaired) electrons. The van der Waals surface area contributed by atoms with E-state index in [1.165, 1.54) is 5.56 Å². The lowest BCUT2D eigenvalue weighted by Gasteiger charge is -2.08. The molecular weight excluding hydrogens is 196 g/mol. The summed E-state index contributed by atoms with van der Waals surface area (Å²) >= 11 is 0. The molecule has 0 spiro atoms. The van der Waals surface area contributed by atoms with Gasteiger partial charge in [-0.25, -0.2) is 0 Å². The first kappa shape index (κ1) is 9.04. The van der Waals surface area contributed by atoms with Crippen molar-refractivity contribution < 1.29 is 0 Å². The van der Waals surface area contributed by atoms with Crippen LogP contribution in [0.25, 0.3) is 23.4 Å². The zero-order chi connectivity index (χ0) is 10.8. The van der Waals surface area contributed by atoms with Crippen LogP contribution in [0.3, 0.4) is 0 Å². The van der Waals surface area contributed by atoms with Crippen LogP contribution in [0, 0.1) is 0 Å². The van der Waals surface area contributed by atoms with Crippen LogP contribution in [0.4, 0.5) is 0 Å². The lowest BCUT2D eigenvalue weighted by Crippen LogP contribution is -1.93. The minimum Gasteiger partial charge on any atom is -0.158 e. The van der Waals surface area contributed by atoms with Crippen molar-refractivity contribution in [3.8, 4) is 11.3 Å². The summed E-state index contributed by atoms with van der Waals surface area (Å²) in [5, 5.41) is 8.19. The van der Waals surface area contributed by atoms with E-state index in [0.29, 0.717) is 0 Å². The molecule has 0 amide bonds. The SMILES string of the molecule is C1=Cc2ccccc2-c2nnccc2C=C1. The summed E-state index contributed by atoms with van der Waals surface area (Å²) in [4.78, 5) is 0. The molecule has 0 bridgehead atoms. The molecule has 16 heavy (non-hydrogen) atoms. The van der Waals surface area contributed by atoms with E-state index in [9.17, 15) is 0 Å². The Morgan fingerprint density at radius 2 is 1.62 bits per heavy atom. The average molecular weight is 206 g/mol. The summed E-state index contributed by atoms with van der Waals surface area (Å²) in [6, 6.07) is 10.2. The van der Waals surface area contributed by atoms with Gasteiger partial charge in [-0.05, 0) is 11.6 Å². The third-order valence-corrected chi connectivity index (χ3v) is 2.63. The van der Waals surface area contributed by atoms with Gasteiger partial charge in [-0.2, -0.15) is 5.10 Å². The van der Waals surface area contributed by atoms with Gasteiger partial charge in [0.25, 0.3) is 0 Å². The lowest BCUT2D eigenvalue weighted by atomic mass is 9.98. The van der Waals surface area contributed by atoms with Gasteiger partial charge < -0.3 is 0 Å². The van der Waals surface area contributed by atoms with Gasteiger partial charge in [-0.15, -0.1) is 5.10 Å². The third-order valence-electron chi connectivity index (χ3n) is 2.63. The van der Waals surface area contributed by atoms with Gasteiger partial charge in [0.1, 0.15) is 5.69 Å². The molecule has 3 rings (SSSR count). The minimum atomic E-state index is 0.943. The van der Waals surface area contributed by atoms with Crippen molar-refractivity contribution >= 4 is 12.2 Å². The summed E-state index contributed by atoms with van der Waals surface area (Å²) in [7, 11) is 0. The smallest absolute Gasteiger partial charge is 0.101 e. The molecule has 1 aliphatic rings. The van der Waals surface area contributed by atoms with Crippen LogP contribution >= 0.6 is 0 Å². The van der Waals surface area contributed by atoms with Crippen molar-refractivity contribution in [2.45, 2.75) is 0 Å². The molecule has 1 aromatic heterocycles. The van der Waals surface area contributed by atoms with Crippen LogP contribution in [0.15, 0.2) is 48.7 Å². The quantitative estimate of drug-likeness (QED) is 0.661. The van der Waals surface area contributed by atoms with Gasteiger partial charge in [0.2, 0.25) is 0 Å². The summed E-state index contributed by atoms with van der Waals surface area (Å²) in [5.74, 6) is 0. The van der Waals surface area contributed by atoms with Crippen LogP contribution in [0.1, 0.15) is 11.1 Å². The number of allylic oxidation sites excluding steroid dienone is 2. The van der Waals surface area contributed by atoms with Gasteiger partial charge in [0, 0.05) is 11.1 Å². The number of fused-ring (bicyclic) bond motifs is 3. The molecule has 0 fully saturated rings. The fraction of sp³-hybridized carbons (Fsp3) is 0. The molecule has 76 valence electrons. The number of aromatic nitrogens is 2. The first-order valence-electron chi connectivity index (χ1n) is 5.21. The number of benzene rings is 1. The number of hydrogen-bond donors (Lipinski definition) is 0. The molecule has 0 unspecified atom stereocenters. The molecule has 0 saturated heterocycles. The van der Waals surface area contributed by atoms with Gasteiger partial charge in [0.05, 0.1) is 6.20 Å². The summed E-state index contributed by atoms with van der Waals surface area (Å²) in [6.07, 6.45) is 9.93. The summed E-state index contributed by atoms with van der Waals surface area (Å²) < 4.78 is 0. The van der Waals surface area contributed by atoms with Gasteiger partial charge in [0.15, 0.2) is 0 Å². The molecule has 2 heteroatoms. The van der Waals surface area contributed by atoms with E-state index in [1.807, 2.05) is 30.4 Å². The maximum absolute atomic E-state index is 4.23. The Kier molecular flexibility index (Phi) is 2.11. The van der Waals surface area contributed by atoms with Crippen molar-refractivity contribution in [2.75, 3.05) is 0 Å². The molecule has 1 heterocycles.